The second kappa shape index (κ2) is 8.32. The Hall–Kier alpha value is -3.04. The van der Waals surface area contributed by atoms with Crippen LogP contribution in [-0.2, 0) is 0 Å². The Bertz CT molecular complexity index is 1050. The highest BCUT2D eigenvalue weighted by Gasteiger charge is 2.03. The van der Waals surface area contributed by atoms with Crippen LogP contribution in [-0.4, -0.2) is 0 Å². The van der Waals surface area contributed by atoms with E-state index in [0.717, 1.165) is 11.1 Å². The van der Waals surface area contributed by atoms with Crippen molar-refractivity contribution in [3.8, 4) is 11.8 Å². The molecule has 0 heteroatoms. The Morgan fingerprint density at radius 1 is 0.571 bits per heavy atom. The van der Waals surface area contributed by atoms with E-state index in [1.54, 1.807) is 0 Å². The summed E-state index contributed by atoms with van der Waals surface area (Å²) in [6.45, 7) is 12.9. The van der Waals surface area contributed by atoms with E-state index in [-0.39, 0.29) is 0 Å². The maximum Gasteiger partial charge on any atom is 0.0307 e. The summed E-state index contributed by atoms with van der Waals surface area (Å²) in [4.78, 5) is 0. The van der Waals surface area contributed by atoms with Gasteiger partial charge in [0.05, 0.1) is 0 Å². The molecule has 0 saturated carbocycles. The molecule has 28 heavy (non-hydrogen) atoms. The largest absolute Gasteiger partial charge is 0.0616 e. The van der Waals surface area contributed by atoms with Crippen LogP contribution in [0.25, 0.3) is 12.2 Å². The molecule has 0 nitrogen and oxygen atoms in total. The molecule has 0 unspecified atom stereocenters. The summed E-state index contributed by atoms with van der Waals surface area (Å²) in [7, 11) is 0. The van der Waals surface area contributed by atoms with E-state index in [1.807, 2.05) is 0 Å². The lowest BCUT2D eigenvalue weighted by Gasteiger charge is -2.08. The fourth-order valence-corrected chi connectivity index (χ4v) is 3.70. The molecule has 3 rings (SSSR count). The van der Waals surface area contributed by atoms with Gasteiger partial charge in [0.15, 0.2) is 0 Å². The van der Waals surface area contributed by atoms with Crippen LogP contribution in [0.15, 0.2) is 48.5 Å². The fraction of sp³-hybridized carbons (Fsp3) is 0.214. The zero-order chi connectivity index (χ0) is 20.3. The van der Waals surface area contributed by atoms with Gasteiger partial charge >= 0.3 is 0 Å². The molecule has 0 atom stereocenters. The van der Waals surface area contributed by atoms with Gasteiger partial charge in [-0.05, 0) is 87.1 Å². The van der Waals surface area contributed by atoms with Crippen molar-refractivity contribution in [3.05, 3.63) is 104 Å². The lowest BCUT2D eigenvalue weighted by atomic mass is 9.96. The van der Waals surface area contributed by atoms with E-state index in [1.165, 1.54) is 44.5 Å². The average Bonchev–Trinajstić information content (AvgIpc) is 2.61. The van der Waals surface area contributed by atoms with Gasteiger partial charge in [-0.2, -0.15) is 0 Å². The lowest BCUT2D eigenvalue weighted by molar-refractivity contribution is 1.30. The van der Waals surface area contributed by atoms with Crippen molar-refractivity contribution in [1.29, 1.82) is 0 Å². The zero-order valence-electron chi connectivity index (χ0n) is 17.8. The molecule has 0 spiro atoms. The second-order valence-corrected chi connectivity index (χ2v) is 7.79. The number of benzene rings is 3. The van der Waals surface area contributed by atoms with Gasteiger partial charge in [0.2, 0.25) is 0 Å². The number of aryl methyl sites for hydroxylation is 6. The first-order valence-corrected chi connectivity index (χ1v) is 9.79. The highest BCUT2D eigenvalue weighted by atomic mass is 14.1. The minimum absolute atomic E-state index is 1.05. The van der Waals surface area contributed by atoms with E-state index in [2.05, 4.69) is 114 Å². The van der Waals surface area contributed by atoms with E-state index >= 15 is 0 Å². The molecular formula is C28H28. The summed E-state index contributed by atoms with van der Waals surface area (Å²) in [5.41, 5.74) is 12.4. The Balaban J connectivity index is 1.89. The van der Waals surface area contributed by atoms with Crippen molar-refractivity contribution in [2.75, 3.05) is 0 Å². The molecule has 140 valence electrons. The summed E-state index contributed by atoms with van der Waals surface area (Å²) >= 11 is 0. The summed E-state index contributed by atoms with van der Waals surface area (Å²) in [6.07, 6.45) is 4.44. The number of hydrogen-bond donors (Lipinski definition) is 0. The normalized spacial score (nSPS) is 10.8. The smallest absolute Gasteiger partial charge is 0.0307 e. The average molecular weight is 365 g/mol. The van der Waals surface area contributed by atoms with Crippen LogP contribution in [0.2, 0.25) is 0 Å². The van der Waals surface area contributed by atoms with Crippen molar-refractivity contribution in [3.63, 3.8) is 0 Å². The van der Waals surface area contributed by atoms with Crippen LogP contribution >= 0.6 is 0 Å². The topological polar surface area (TPSA) is 0 Å². The predicted molar refractivity (Wildman–Crippen MR) is 123 cm³/mol. The van der Waals surface area contributed by atoms with Gasteiger partial charge in [-0.3, -0.25) is 0 Å². The third kappa shape index (κ3) is 4.62. The third-order valence-corrected chi connectivity index (χ3v) is 5.12. The maximum atomic E-state index is 3.37. The molecule has 3 aromatic rings. The first-order valence-electron chi connectivity index (χ1n) is 9.79. The molecule has 0 aromatic heterocycles. The number of rotatable bonds is 2. The molecule has 0 bridgehead atoms. The molecule has 0 N–H and O–H groups in total. The van der Waals surface area contributed by atoms with Crippen LogP contribution in [0.4, 0.5) is 0 Å². The lowest BCUT2D eigenvalue weighted by Crippen LogP contribution is -1.91. The highest BCUT2D eigenvalue weighted by Crippen LogP contribution is 2.21. The molecule has 3 aromatic carbocycles. The molecule has 0 radical (unpaired) electrons. The first-order chi connectivity index (χ1) is 13.3. The Kier molecular flexibility index (Phi) is 5.86. The predicted octanol–water partition coefficient (Wildman–Crippen LogP) is 7.11. The Morgan fingerprint density at radius 2 is 1.14 bits per heavy atom. The van der Waals surface area contributed by atoms with Crippen molar-refractivity contribution >= 4 is 12.2 Å². The molecular weight excluding hydrogens is 336 g/mol. The van der Waals surface area contributed by atoms with Crippen molar-refractivity contribution in [2.24, 2.45) is 0 Å². The van der Waals surface area contributed by atoms with E-state index in [9.17, 15) is 0 Å². The molecule has 0 heterocycles. The van der Waals surface area contributed by atoms with E-state index in [4.69, 9.17) is 0 Å². The first kappa shape index (κ1) is 19.7. The van der Waals surface area contributed by atoms with Crippen LogP contribution in [0.3, 0.4) is 0 Å². The third-order valence-electron chi connectivity index (χ3n) is 5.12. The SMILES string of the molecule is Cc1ccc(C#Cc2c(C)cc(C=Cc3c(C)cc(C)cc3C)cc2C)cc1. The zero-order valence-corrected chi connectivity index (χ0v) is 17.8. The summed E-state index contributed by atoms with van der Waals surface area (Å²) in [5.74, 6) is 6.67. The molecule has 0 aliphatic carbocycles. The Labute approximate surface area is 170 Å². The number of hydrogen-bond acceptors (Lipinski definition) is 0. The van der Waals surface area contributed by atoms with Crippen molar-refractivity contribution in [2.45, 2.75) is 41.5 Å². The monoisotopic (exact) mass is 364 g/mol. The highest BCUT2D eigenvalue weighted by molar-refractivity contribution is 5.74. The Morgan fingerprint density at radius 3 is 1.71 bits per heavy atom. The molecule has 0 aliphatic rings. The van der Waals surface area contributed by atoms with E-state index in [0.29, 0.717) is 0 Å². The van der Waals surface area contributed by atoms with Crippen molar-refractivity contribution < 1.29 is 0 Å². The molecule has 0 fully saturated rings. The van der Waals surface area contributed by atoms with E-state index < -0.39 is 0 Å². The van der Waals surface area contributed by atoms with Gasteiger partial charge in [-0.25, -0.2) is 0 Å². The van der Waals surface area contributed by atoms with Crippen LogP contribution < -0.4 is 0 Å². The van der Waals surface area contributed by atoms with Crippen LogP contribution in [0.5, 0.6) is 0 Å². The summed E-state index contributed by atoms with van der Waals surface area (Å²) < 4.78 is 0. The quantitative estimate of drug-likeness (QED) is 0.336. The minimum Gasteiger partial charge on any atom is -0.0616 e. The van der Waals surface area contributed by atoms with Gasteiger partial charge in [0, 0.05) is 11.1 Å². The van der Waals surface area contributed by atoms with Gasteiger partial charge < -0.3 is 0 Å². The van der Waals surface area contributed by atoms with Crippen molar-refractivity contribution in [1.82, 2.24) is 0 Å². The fourth-order valence-electron chi connectivity index (χ4n) is 3.70. The maximum absolute atomic E-state index is 3.37. The summed E-state index contributed by atoms with van der Waals surface area (Å²) in [6, 6.07) is 17.3. The van der Waals surface area contributed by atoms with Crippen LogP contribution in [0, 0.1) is 53.4 Å². The molecule has 0 saturated heterocycles. The van der Waals surface area contributed by atoms with Gasteiger partial charge in [-0.15, -0.1) is 0 Å². The summed E-state index contributed by atoms with van der Waals surface area (Å²) in [5, 5.41) is 0. The van der Waals surface area contributed by atoms with Gasteiger partial charge in [0.25, 0.3) is 0 Å². The van der Waals surface area contributed by atoms with Gasteiger partial charge in [0.1, 0.15) is 0 Å². The minimum atomic E-state index is 1.05. The molecule has 0 aliphatic heterocycles. The molecule has 0 amide bonds. The van der Waals surface area contributed by atoms with Crippen LogP contribution in [0.1, 0.15) is 55.6 Å². The van der Waals surface area contributed by atoms with Gasteiger partial charge in [-0.1, -0.05) is 71.5 Å². The second-order valence-electron chi connectivity index (χ2n) is 7.79. The standard InChI is InChI=1S/C28H28/c1-19-7-9-25(10-8-19)11-13-28-23(5)17-26(18-24(28)6)12-14-27-21(3)15-20(2)16-22(27)4/h7-10,12,14-18H,1-6H3.